The number of hydrogen-bond acceptors (Lipinski definition) is 4. The molecule has 1 saturated heterocycles. The number of piperidine rings is 1. The maximum Gasteiger partial charge on any atom is 0.357 e. The summed E-state index contributed by atoms with van der Waals surface area (Å²) in [4.78, 5) is 20.0. The minimum Gasteiger partial charge on any atom is -0.461 e. The molecule has 0 aliphatic carbocycles. The SMILES string of the molecule is CCOC(=O)c1c(CC)nc2n(CCN3CCCCC3)c3ccccc3n12. The van der Waals surface area contributed by atoms with Gasteiger partial charge in [-0.25, -0.2) is 9.78 Å². The fraction of sp³-hybridized carbons (Fsp3) is 0.524. The molecule has 0 unspecified atom stereocenters. The van der Waals surface area contributed by atoms with Crippen LogP contribution in [0.4, 0.5) is 0 Å². The first kappa shape index (κ1) is 18.0. The lowest BCUT2D eigenvalue weighted by Gasteiger charge is -2.26. The van der Waals surface area contributed by atoms with Gasteiger partial charge in [0.1, 0.15) is 0 Å². The van der Waals surface area contributed by atoms with Crippen LogP contribution in [-0.2, 0) is 17.7 Å². The van der Waals surface area contributed by atoms with E-state index in [1.165, 1.54) is 32.4 Å². The molecule has 0 spiro atoms. The lowest BCUT2D eigenvalue weighted by Crippen LogP contribution is -2.32. The zero-order valence-electron chi connectivity index (χ0n) is 16.3. The summed E-state index contributed by atoms with van der Waals surface area (Å²) in [5.74, 6) is 0.550. The summed E-state index contributed by atoms with van der Waals surface area (Å²) in [7, 11) is 0. The number of esters is 1. The number of ether oxygens (including phenoxy) is 1. The minimum atomic E-state index is -0.291. The first-order valence-corrected chi connectivity index (χ1v) is 10.1. The number of carbonyl (C=O) groups is 1. The van der Waals surface area contributed by atoms with Gasteiger partial charge in [0.05, 0.1) is 23.3 Å². The molecular formula is C21H28N4O2. The summed E-state index contributed by atoms with van der Waals surface area (Å²) in [6.45, 7) is 8.48. The Morgan fingerprint density at radius 3 is 2.52 bits per heavy atom. The maximum absolute atomic E-state index is 12.7. The van der Waals surface area contributed by atoms with E-state index in [2.05, 4.69) is 21.6 Å². The second-order valence-corrected chi connectivity index (χ2v) is 7.16. The van der Waals surface area contributed by atoms with Gasteiger partial charge in [-0.3, -0.25) is 4.40 Å². The van der Waals surface area contributed by atoms with Crippen molar-refractivity contribution in [3.63, 3.8) is 0 Å². The van der Waals surface area contributed by atoms with Gasteiger partial charge in [0.25, 0.3) is 0 Å². The van der Waals surface area contributed by atoms with Gasteiger partial charge in [-0.15, -0.1) is 0 Å². The van der Waals surface area contributed by atoms with E-state index in [-0.39, 0.29) is 5.97 Å². The third-order valence-electron chi connectivity index (χ3n) is 5.48. The van der Waals surface area contributed by atoms with Crippen molar-refractivity contribution < 1.29 is 9.53 Å². The molecule has 1 aromatic carbocycles. The molecule has 0 saturated carbocycles. The monoisotopic (exact) mass is 368 g/mol. The second kappa shape index (κ2) is 7.72. The van der Waals surface area contributed by atoms with Gasteiger partial charge in [-0.2, -0.15) is 0 Å². The number of likely N-dealkylation sites (tertiary alicyclic amines) is 1. The fourth-order valence-corrected chi connectivity index (χ4v) is 4.15. The average Bonchev–Trinajstić information content (AvgIpc) is 3.22. The van der Waals surface area contributed by atoms with Crippen LogP contribution in [0.15, 0.2) is 24.3 Å². The standard InChI is InChI=1S/C21H28N4O2/c1-3-16-19(20(26)27-4-2)25-18-11-7-6-10-17(18)24(21(25)22-16)15-14-23-12-8-5-9-13-23/h6-7,10-11H,3-5,8-9,12-15H2,1-2H3. The predicted molar refractivity (Wildman–Crippen MR) is 106 cm³/mol. The van der Waals surface area contributed by atoms with Gasteiger partial charge in [0.15, 0.2) is 5.69 Å². The second-order valence-electron chi connectivity index (χ2n) is 7.16. The molecule has 0 radical (unpaired) electrons. The zero-order valence-corrected chi connectivity index (χ0v) is 16.3. The molecule has 1 aliphatic rings. The van der Waals surface area contributed by atoms with Crippen molar-refractivity contribution in [2.24, 2.45) is 0 Å². The van der Waals surface area contributed by atoms with Crippen LogP contribution < -0.4 is 0 Å². The van der Waals surface area contributed by atoms with Gasteiger partial charge < -0.3 is 14.2 Å². The molecule has 0 N–H and O–H groups in total. The van der Waals surface area contributed by atoms with Crippen molar-refractivity contribution in [1.29, 1.82) is 0 Å². The van der Waals surface area contributed by atoms with Crippen LogP contribution in [0.25, 0.3) is 16.8 Å². The highest BCUT2D eigenvalue weighted by Crippen LogP contribution is 2.25. The first-order chi connectivity index (χ1) is 13.2. The molecule has 0 bridgehead atoms. The molecule has 1 aliphatic heterocycles. The summed E-state index contributed by atoms with van der Waals surface area (Å²) in [6, 6.07) is 8.23. The predicted octanol–water partition coefficient (Wildman–Crippen LogP) is 3.51. The van der Waals surface area contributed by atoms with Crippen molar-refractivity contribution in [3.8, 4) is 0 Å². The molecule has 6 nitrogen and oxygen atoms in total. The molecule has 0 amide bonds. The van der Waals surface area contributed by atoms with E-state index in [4.69, 9.17) is 9.72 Å². The molecule has 27 heavy (non-hydrogen) atoms. The van der Waals surface area contributed by atoms with E-state index in [0.29, 0.717) is 18.7 Å². The molecule has 4 rings (SSSR count). The topological polar surface area (TPSA) is 51.8 Å². The Morgan fingerprint density at radius 2 is 1.81 bits per heavy atom. The average molecular weight is 368 g/mol. The Labute approximate surface area is 159 Å². The third kappa shape index (κ3) is 3.23. The molecule has 144 valence electrons. The molecule has 0 atom stereocenters. The van der Waals surface area contributed by atoms with Crippen LogP contribution >= 0.6 is 0 Å². The Hall–Kier alpha value is -2.34. The number of fused-ring (bicyclic) bond motifs is 3. The maximum atomic E-state index is 12.7. The van der Waals surface area contributed by atoms with Gasteiger partial charge >= 0.3 is 5.97 Å². The highest BCUT2D eigenvalue weighted by Gasteiger charge is 2.25. The Kier molecular flexibility index (Phi) is 5.16. The summed E-state index contributed by atoms with van der Waals surface area (Å²) < 4.78 is 9.58. The summed E-state index contributed by atoms with van der Waals surface area (Å²) >= 11 is 0. The smallest absolute Gasteiger partial charge is 0.357 e. The van der Waals surface area contributed by atoms with Crippen LogP contribution in [0.1, 0.15) is 49.3 Å². The van der Waals surface area contributed by atoms with Crippen molar-refractivity contribution in [2.45, 2.75) is 46.1 Å². The molecule has 2 aromatic heterocycles. The van der Waals surface area contributed by atoms with E-state index in [1.807, 2.05) is 30.4 Å². The number of benzene rings is 1. The molecule has 6 heteroatoms. The van der Waals surface area contributed by atoms with Gasteiger partial charge in [-0.1, -0.05) is 25.5 Å². The first-order valence-electron chi connectivity index (χ1n) is 10.1. The molecular weight excluding hydrogens is 340 g/mol. The number of nitrogens with zero attached hydrogens (tertiary/aromatic N) is 4. The summed E-state index contributed by atoms with van der Waals surface area (Å²) in [5.41, 5.74) is 3.51. The van der Waals surface area contributed by atoms with Crippen molar-refractivity contribution >= 4 is 22.8 Å². The van der Waals surface area contributed by atoms with Crippen LogP contribution in [0.2, 0.25) is 0 Å². The van der Waals surface area contributed by atoms with Crippen molar-refractivity contribution in [2.75, 3.05) is 26.2 Å². The Balaban J connectivity index is 1.80. The number of imidazole rings is 2. The van der Waals surface area contributed by atoms with Crippen LogP contribution in [0, 0.1) is 0 Å². The molecule has 1 fully saturated rings. The zero-order chi connectivity index (χ0) is 18.8. The number of aromatic nitrogens is 3. The third-order valence-corrected chi connectivity index (χ3v) is 5.48. The van der Waals surface area contributed by atoms with Crippen LogP contribution in [-0.4, -0.2) is 51.1 Å². The lowest BCUT2D eigenvalue weighted by atomic mass is 10.1. The van der Waals surface area contributed by atoms with E-state index in [9.17, 15) is 4.79 Å². The van der Waals surface area contributed by atoms with Gasteiger partial charge in [0.2, 0.25) is 5.78 Å². The van der Waals surface area contributed by atoms with Crippen LogP contribution in [0.5, 0.6) is 0 Å². The number of carbonyl (C=O) groups excluding carboxylic acids is 1. The number of hydrogen-bond donors (Lipinski definition) is 0. The normalized spacial score (nSPS) is 15.6. The number of rotatable bonds is 6. The lowest BCUT2D eigenvalue weighted by molar-refractivity contribution is 0.0517. The van der Waals surface area contributed by atoms with Gasteiger partial charge in [-0.05, 0) is 51.4 Å². The van der Waals surface area contributed by atoms with Crippen molar-refractivity contribution in [1.82, 2.24) is 18.9 Å². The van der Waals surface area contributed by atoms with Crippen LogP contribution in [0.3, 0.4) is 0 Å². The Morgan fingerprint density at radius 1 is 1.07 bits per heavy atom. The number of para-hydroxylation sites is 2. The minimum absolute atomic E-state index is 0.291. The quantitative estimate of drug-likeness (QED) is 0.625. The summed E-state index contributed by atoms with van der Waals surface area (Å²) in [5, 5.41) is 0. The van der Waals surface area contributed by atoms with E-state index in [0.717, 1.165) is 35.6 Å². The number of aryl methyl sites for hydroxylation is 1. The highest BCUT2D eigenvalue weighted by atomic mass is 16.5. The summed E-state index contributed by atoms with van der Waals surface area (Å²) in [6.07, 6.45) is 4.63. The largest absolute Gasteiger partial charge is 0.461 e. The highest BCUT2D eigenvalue weighted by molar-refractivity contribution is 5.93. The van der Waals surface area contributed by atoms with E-state index < -0.39 is 0 Å². The van der Waals surface area contributed by atoms with Crippen molar-refractivity contribution in [3.05, 3.63) is 35.7 Å². The molecule has 3 heterocycles. The molecule has 3 aromatic rings. The van der Waals surface area contributed by atoms with E-state index in [1.54, 1.807) is 0 Å². The van der Waals surface area contributed by atoms with Gasteiger partial charge in [0, 0.05) is 13.1 Å². The Bertz CT molecular complexity index is 950. The fourth-order valence-electron chi connectivity index (χ4n) is 4.15. The van der Waals surface area contributed by atoms with E-state index >= 15 is 0 Å².